The Balaban J connectivity index is 1.86. The van der Waals surface area contributed by atoms with Crippen LogP contribution >= 0.6 is 11.8 Å². The summed E-state index contributed by atoms with van der Waals surface area (Å²) in [5.41, 5.74) is 1.23. The molecule has 1 N–H and O–H groups in total. The molecule has 1 amide bonds. The van der Waals surface area contributed by atoms with Gasteiger partial charge in [-0.25, -0.2) is 14.5 Å². The summed E-state index contributed by atoms with van der Waals surface area (Å²) >= 11 is 1.25. The quantitative estimate of drug-likeness (QED) is 0.435. The summed E-state index contributed by atoms with van der Waals surface area (Å²) < 4.78 is 1.50. The number of thioether (sulfide) groups is 1. The van der Waals surface area contributed by atoms with Crippen molar-refractivity contribution < 1.29 is 4.79 Å². The van der Waals surface area contributed by atoms with Gasteiger partial charge >= 0.3 is 0 Å². The molecule has 0 aliphatic carbocycles. The maximum absolute atomic E-state index is 13.2. The van der Waals surface area contributed by atoms with Crippen LogP contribution in [0.3, 0.4) is 0 Å². The molecule has 3 rings (SSSR count). The minimum absolute atomic E-state index is 0.0672. The minimum Gasteiger partial charge on any atom is -0.353 e. The van der Waals surface area contributed by atoms with Gasteiger partial charge in [0.15, 0.2) is 5.16 Å². The molecule has 2 heterocycles. The Kier molecular flexibility index (Phi) is 7.26. The van der Waals surface area contributed by atoms with E-state index in [-0.39, 0.29) is 23.3 Å². The molecule has 6 nitrogen and oxygen atoms in total. The number of aryl methyl sites for hydroxylation is 1. The molecule has 0 saturated heterocycles. The Morgan fingerprint density at radius 1 is 1.07 bits per heavy atom. The van der Waals surface area contributed by atoms with Crippen molar-refractivity contribution in [3.05, 3.63) is 58.5 Å². The monoisotopic (exact) mass is 424 g/mol. The lowest BCUT2D eigenvalue weighted by Crippen LogP contribution is -2.34. The van der Waals surface area contributed by atoms with Crippen LogP contribution in [0.2, 0.25) is 0 Å². The number of hydrogen-bond acceptors (Lipinski definition) is 5. The SMILES string of the molecule is Cc1cccc(-n2c(SCC(=O)N[C@@H](C)CCC(C)C)nc3ccccc3c2=O)n1. The summed E-state index contributed by atoms with van der Waals surface area (Å²) in [6.45, 7) is 8.25. The molecule has 7 heteroatoms. The Labute approximate surface area is 181 Å². The molecule has 2 aromatic heterocycles. The molecule has 0 aliphatic heterocycles. The van der Waals surface area contributed by atoms with Crippen LogP contribution in [0.5, 0.6) is 0 Å². The van der Waals surface area contributed by atoms with Gasteiger partial charge in [0.25, 0.3) is 5.56 Å². The molecule has 3 aromatic rings. The molecule has 0 radical (unpaired) electrons. The van der Waals surface area contributed by atoms with E-state index in [1.165, 1.54) is 16.3 Å². The summed E-state index contributed by atoms with van der Waals surface area (Å²) in [4.78, 5) is 34.8. The molecular formula is C23H28N4O2S. The van der Waals surface area contributed by atoms with Crippen molar-refractivity contribution in [2.45, 2.75) is 51.7 Å². The summed E-state index contributed by atoms with van der Waals surface area (Å²) in [6, 6.07) is 12.9. The van der Waals surface area contributed by atoms with Gasteiger partial charge < -0.3 is 5.32 Å². The Morgan fingerprint density at radius 2 is 1.83 bits per heavy atom. The Hall–Kier alpha value is -2.67. The largest absolute Gasteiger partial charge is 0.353 e. The Morgan fingerprint density at radius 3 is 2.57 bits per heavy atom. The fraction of sp³-hybridized carbons (Fsp3) is 0.391. The van der Waals surface area contributed by atoms with Gasteiger partial charge in [-0.15, -0.1) is 0 Å². The lowest BCUT2D eigenvalue weighted by Gasteiger charge is -2.16. The van der Waals surface area contributed by atoms with Crippen molar-refractivity contribution >= 4 is 28.6 Å². The van der Waals surface area contributed by atoms with Crippen molar-refractivity contribution in [3.8, 4) is 5.82 Å². The van der Waals surface area contributed by atoms with E-state index < -0.39 is 0 Å². The van der Waals surface area contributed by atoms with E-state index in [2.05, 4.69) is 29.1 Å². The number of carbonyl (C=O) groups excluding carboxylic acids is 1. The van der Waals surface area contributed by atoms with Gasteiger partial charge in [0.1, 0.15) is 5.82 Å². The van der Waals surface area contributed by atoms with Crippen molar-refractivity contribution in [1.82, 2.24) is 19.9 Å². The molecule has 0 aliphatic rings. The average molecular weight is 425 g/mol. The molecular weight excluding hydrogens is 396 g/mol. The van der Waals surface area contributed by atoms with Gasteiger partial charge in [0, 0.05) is 11.7 Å². The number of rotatable bonds is 8. The highest BCUT2D eigenvalue weighted by Gasteiger charge is 2.16. The predicted molar refractivity (Wildman–Crippen MR) is 122 cm³/mol. The van der Waals surface area contributed by atoms with Crippen LogP contribution in [0, 0.1) is 12.8 Å². The number of aromatic nitrogens is 3. The summed E-state index contributed by atoms with van der Waals surface area (Å²) in [5, 5.41) is 4.02. The van der Waals surface area contributed by atoms with Crippen molar-refractivity contribution in [1.29, 1.82) is 0 Å². The molecule has 0 bridgehead atoms. The zero-order valence-electron chi connectivity index (χ0n) is 17.9. The first-order chi connectivity index (χ1) is 14.3. The van der Waals surface area contributed by atoms with Crippen molar-refractivity contribution in [2.75, 3.05) is 5.75 Å². The number of pyridine rings is 1. The maximum atomic E-state index is 13.2. The zero-order valence-corrected chi connectivity index (χ0v) is 18.7. The summed E-state index contributed by atoms with van der Waals surface area (Å²) in [6.07, 6.45) is 2.01. The molecule has 0 fully saturated rings. The highest BCUT2D eigenvalue weighted by Crippen LogP contribution is 2.20. The number of carbonyl (C=O) groups is 1. The molecule has 1 atom stereocenters. The number of benzene rings is 1. The number of amides is 1. The summed E-state index contributed by atoms with van der Waals surface area (Å²) in [5.74, 6) is 1.23. The lowest BCUT2D eigenvalue weighted by molar-refractivity contribution is -0.119. The molecule has 30 heavy (non-hydrogen) atoms. The van der Waals surface area contributed by atoms with Gasteiger partial charge in [0.2, 0.25) is 5.91 Å². The van der Waals surface area contributed by atoms with E-state index in [0.29, 0.717) is 27.8 Å². The number of nitrogens with one attached hydrogen (secondary N) is 1. The topological polar surface area (TPSA) is 76.9 Å². The van der Waals surface area contributed by atoms with Gasteiger partial charge in [-0.2, -0.15) is 0 Å². The second-order valence-electron chi connectivity index (χ2n) is 7.92. The molecule has 0 spiro atoms. The Bertz CT molecular complexity index is 1090. The number of hydrogen-bond donors (Lipinski definition) is 1. The average Bonchev–Trinajstić information content (AvgIpc) is 2.71. The van der Waals surface area contributed by atoms with Crippen molar-refractivity contribution in [2.24, 2.45) is 5.92 Å². The third-order valence-corrected chi connectivity index (χ3v) is 5.70. The van der Waals surface area contributed by atoms with Crippen LogP contribution in [0.25, 0.3) is 16.7 Å². The molecule has 0 saturated carbocycles. The van der Waals surface area contributed by atoms with Gasteiger partial charge in [-0.05, 0) is 56.9 Å². The smallest absolute Gasteiger partial charge is 0.267 e. The first-order valence-electron chi connectivity index (χ1n) is 10.2. The highest BCUT2D eigenvalue weighted by atomic mass is 32.2. The number of nitrogens with zero attached hydrogens (tertiary/aromatic N) is 3. The van der Waals surface area contributed by atoms with Crippen LogP contribution in [0.4, 0.5) is 0 Å². The fourth-order valence-electron chi connectivity index (χ4n) is 3.17. The predicted octanol–water partition coefficient (Wildman–Crippen LogP) is 4.12. The first kappa shape index (κ1) is 22.0. The van der Waals surface area contributed by atoms with E-state index in [4.69, 9.17) is 0 Å². The highest BCUT2D eigenvalue weighted by molar-refractivity contribution is 7.99. The van der Waals surface area contributed by atoms with E-state index in [1.54, 1.807) is 12.1 Å². The zero-order chi connectivity index (χ0) is 21.7. The molecule has 0 unspecified atom stereocenters. The standard InChI is InChI=1S/C23H28N4O2S/c1-15(2)12-13-17(4)25-21(28)14-30-23-26-19-10-6-5-9-18(19)22(29)27(23)20-11-7-8-16(3)24-20/h5-11,15,17H,12-14H2,1-4H3,(H,25,28)/t17-/m0/s1. The van der Waals surface area contributed by atoms with Crippen LogP contribution in [-0.4, -0.2) is 32.2 Å². The third kappa shape index (κ3) is 5.48. The third-order valence-electron chi connectivity index (χ3n) is 4.76. The second kappa shape index (κ2) is 9.89. The first-order valence-corrected chi connectivity index (χ1v) is 11.2. The van der Waals surface area contributed by atoms with E-state index in [1.807, 2.05) is 44.2 Å². The van der Waals surface area contributed by atoms with Crippen LogP contribution in [0.1, 0.15) is 39.3 Å². The summed E-state index contributed by atoms with van der Waals surface area (Å²) in [7, 11) is 0. The van der Waals surface area contributed by atoms with Gasteiger partial charge in [0.05, 0.1) is 16.7 Å². The van der Waals surface area contributed by atoms with Crippen molar-refractivity contribution in [3.63, 3.8) is 0 Å². The second-order valence-corrected chi connectivity index (χ2v) is 8.86. The van der Waals surface area contributed by atoms with Gasteiger partial charge in [-0.1, -0.05) is 43.8 Å². The van der Waals surface area contributed by atoms with E-state index in [9.17, 15) is 9.59 Å². The van der Waals surface area contributed by atoms with Gasteiger partial charge in [-0.3, -0.25) is 9.59 Å². The maximum Gasteiger partial charge on any atom is 0.267 e. The van der Waals surface area contributed by atoms with Crippen LogP contribution in [-0.2, 0) is 4.79 Å². The molecule has 1 aromatic carbocycles. The minimum atomic E-state index is -0.188. The van der Waals surface area contributed by atoms with Crippen LogP contribution in [0.15, 0.2) is 52.4 Å². The number of para-hydroxylation sites is 1. The van der Waals surface area contributed by atoms with Crippen LogP contribution < -0.4 is 10.9 Å². The van der Waals surface area contributed by atoms with E-state index >= 15 is 0 Å². The number of fused-ring (bicyclic) bond motifs is 1. The fourth-order valence-corrected chi connectivity index (χ4v) is 3.98. The van der Waals surface area contributed by atoms with E-state index in [0.717, 1.165) is 18.5 Å². The normalized spacial score (nSPS) is 12.3. The molecule has 158 valence electrons. The lowest BCUT2D eigenvalue weighted by atomic mass is 10.0.